The van der Waals surface area contributed by atoms with Gasteiger partial charge in [0.25, 0.3) is 5.91 Å². The molecule has 2 heterocycles. The number of hydrogen-bond acceptors (Lipinski definition) is 5. The second-order valence-corrected chi connectivity index (χ2v) is 9.92. The topological polar surface area (TPSA) is 96.8 Å². The third kappa shape index (κ3) is 6.08. The van der Waals surface area contributed by atoms with Crippen LogP contribution < -0.4 is 14.8 Å². The van der Waals surface area contributed by atoms with E-state index < -0.39 is 11.6 Å². The molecule has 1 atom stereocenters. The minimum Gasteiger partial charge on any atom is -0.493 e. The normalized spacial score (nSPS) is 12.0. The van der Waals surface area contributed by atoms with Gasteiger partial charge in [-0.15, -0.1) is 0 Å². The van der Waals surface area contributed by atoms with E-state index in [0.29, 0.717) is 28.5 Å². The lowest BCUT2D eigenvalue weighted by Crippen LogP contribution is -2.49. The van der Waals surface area contributed by atoms with Gasteiger partial charge in [-0.3, -0.25) is 9.59 Å². The highest BCUT2D eigenvalue weighted by atomic mass is 16.5. The number of amides is 2. The van der Waals surface area contributed by atoms with Crippen molar-refractivity contribution in [2.24, 2.45) is 0 Å². The van der Waals surface area contributed by atoms with Crippen molar-refractivity contribution in [1.29, 1.82) is 0 Å². The van der Waals surface area contributed by atoms with E-state index in [1.807, 2.05) is 57.2 Å². The molecule has 2 N–H and O–H groups in total. The maximum absolute atomic E-state index is 14.1. The van der Waals surface area contributed by atoms with Gasteiger partial charge in [0.2, 0.25) is 5.91 Å². The first-order chi connectivity index (χ1) is 18.2. The first kappa shape index (κ1) is 26.6. The highest BCUT2D eigenvalue weighted by molar-refractivity contribution is 5.97. The number of furan rings is 1. The molecule has 0 aliphatic carbocycles. The van der Waals surface area contributed by atoms with Crippen LogP contribution in [0.5, 0.6) is 11.5 Å². The smallest absolute Gasteiger partial charge is 0.271 e. The number of aromatic nitrogens is 1. The lowest BCUT2D eigenvalue weighted by Gasteiger charge is -2.33. The van der Waals surface area contributed by atoms with E-state index in [1.165, 1.54) is 12.0 Å². The molecule has 8 nitrogen and oxygen atoms in total. The maximum atomic E-state index is 14.1. The predicted octanol–water partition coefficient (Wildman–Crippen LogP) is 5.59. The largest absolute Gasteiger partial charge is 0.493 e. The molecule has 0 saturated heterocycles. The highest BCUT2D eigenvalue weighted by Gasteiger charge is 2.35. The van der Waals surface area contributed by atoms with E-state index in [1.54, 1.807) is 49.8 Å². The molecule has 0 bridgehead atoms. The molecule has 8 heteroatoms. The van der Waals surface area contributed by atoms with Crippen LogP contribution in [0.25, 0.3) is 11.3 Å². The monoisotopic (exact) mass is 515 g/mol. The van der Waals surface area contributed by atoms with E-state index >= 15 is 0 Å². The quantitative estimate of drug-likeness (QED) is 0.303. The van der Waals surface area contributed by atoms with Crippen molar-refractivity contribution in [3.05, 3.63) is 96.1 Å². The van der Waals surface area contributed by atoms with Crippen LogP contribution in [-0.2, 0) is 11.3 Å². The van der Waals surface area contributed by atoms with Crippen molar-refractivity contribution in [2.75, 3.05) is 14.2 Å². The van der Waals surface area contributed by atoms with Gasteiger partial charge in [0.05, 0.1) is 27.0 Å². The second kappa shape index (κ2) is 11.3. The zero-order valence-corrected chi connectivity index (χ0v) is 22.3. The summed E-state index contributed by atoms with van der Waals surface area (Å²) in [4.78, 5) is 32.7. The number of aromatic amines is 1. The number of nitrogens with zero attached hydrogens (tertiary/aromatic N) is 1. The fourth-order valence-corrected chi connectivity index (χ4v) is 4.25. The number of carbonyl (C=O) groups excluding carboxylic acids is 2. The number of rotatable bonds is 9. The summed E-state index contributed by atoms with van der Waals surface area (Å²) < 4.78 is 16.5. The Balaban J connectivity index is 1.81. The third-order valence-electron chi connectivity index (χ3n) is 5.95. The standard InChI is InChI=1S/C30H33N3O5/c1-30(2,3)32-28(34)27(21-13-16-25(36-4)26(18-21)37-5)33(19-22-12-9-17-38-22)29(35)24-15-14-23(31-24)20-10-7-6-8-11-20/h6-18,27,31H,19H2,1-5H3,(H,32,34). The molecule has 0 radical (unpaired) electrons. The Morgan fingerprint density at radius 1 is 0.947 bits per heavy atom. The van der Waals surface area contributed by atoms with Crippen LogP contribution in [0.4, 0.5) is 0 Å². The molecule has 198 valence electrons. The molecule has 0 spiro atoms. The summed E-state index contributed by atoms with van der Waals surface area (Å²) in [7, 11) is 3.07. The number of methoxy groups -OCH3 is 2. The Morgan fingerprint density at radius 3 is 2.32 bits per heavy atom. The van der Waals surface area contributed by atoms with Crippen LogP contribution in [-0.4, -0.2) is 41.5 Å². The molecule has 1 unspecified atom stereocenters. The van der Waals surface area contributed by atoms with Gasteiger partial charge in [-0.2, -0.15) is 0 Å². The van der Waals surface area contributed by atoms with Gasteiger partial charge in [-0.25, -0.2) is 0 Å². The van der Waals surface area contributed by atoms with Crippen molar-refractivity contribution in [2.45, 2.75) is 38.9 Å². The van der Waals surface area contributed by atoms with E-state index in [-0.39, 0.29) is 18.4 Å². The molecule has 0 aliphatic heterocycles. The van der Waals surface area contributed by atoms with Crippen molar-refractivity contribution >= 4 is 11.8 Å². The number of ether oxygens (including phenoxy) is 2. The second-order valence-electron chi connectivity index (χ2n) is 9.92. The summed E-state index contributed by atoms with van der Waals surface area (Å²) >= 11 is 0. The molecule has 0 saturated carbocycles. The van der Waals surface area contributed by atoms with Gasteiger partial charge in [-0.05, 0) is 68.3 Å². The number of H-pyrrole nitrogens is 1. The number of benzene rings is 2. The fraction of sp³-hybridized carbons (Fsp3) is 0.267. The number of nitrogens with one attached hydrogen (secondary N) is 2. The lowest BCUT2D eigenvalue weighted by molar-refractivity contribution is -0.127. The van der Waals surface area contributed by atoms with Crippen molar-refractivity contribution in [1.82, 2.24) is 15.2 Å². The highest BCUT2D eigenvalue weighted by Crippen LogP contribution is 2.34. The molecule has 4 rings (SSSR count). The summed E-state index contributed by atoms with van der Waals surface area (Å²) in [6.07, 6.45) is 1.54. The molecular weight excluding hydrogens is 482 g/mol. The van der Waals surface area contributed by atoms with E-state index in [2.05, 4.69) is 10.3 Å². The molecule has 4 aromatic rings. The van der Waals surface area contributed by atoms with Gasteiger partial charge in [-0.1, -0.05) is 36.4 Å². The first-order valence-corrected chi connectivity index (χ1v) is 12.3. The summed E-state index contributed by atoms with van der Waals surface area (Å²) in [5.41, 5.74) is 2.14. The van der Waals surface area contributed by atoms with Crippen molar-refractivity contribution in [3.63, 3.8) is 0 Å². The Bertz CT molecular complexity index is 1370. The molecular formula is C30H33N3O5. The van der Waals surface area contributed by atoms with Crippen LogP contribution in [0.1, 0.15) is 48.6 Å². The van der Waals surface area contributed by atoms with Gasteiger partial charge >= 0.3 is 0 Å². The Hall–Kier alpha value is -4.46. The van der Waals surface area contributed by atoms with E-state index in [0.717, 1.165) is 11.3 Å². The first-order valence-electron chi connectivity index (χ1n) is 12.3. The molecule has 2 aromatic heterocycles. The molecule has 0 aliphatic rings. The molecule has 0 fully saturated rings. The fourth-order valence-electron chi connectivity index (χ4n) is 4.25. The number of carbonyl (C=O) groups is 2. The van der Waals surface area contributed by atoms with Crippen LogP contribution in [0.2, 0.25) is 0 Å². The van der Waals surface area contributed by atoms with Crippen molar-refractivity contribution in [3.8, 4) is 22.8 Å². The third-order valence-corrected chi connectivity index (χ3v) is 5.95. The van der Waals surface area contributed by atoms with Crippen LogP contribution in [0.3, 0.4) is 0 Å². The summed E-state index contributed by atoms with van der Waals surface area (Å²) in [5, 5.41) is 3.04. The van der Waals surface area contributed by atoms with Gasteiger partial charge in [0.1, 0.15) is 17.5 Å². The average Bonchev–Trinajstić information content (AvgIpc) is 3.60. The molecule has 2 amide bonds. The Morgan fingerprint density at radius 2 is 1.68 bits per heavy atom. The Labute approximate surface area is 222 Å². The minimum atomic E-state index is -0.991. The van der Waals surface area contributed by atoms with E-state index in [9.17, 15) is 9.59 Å². The molecule has 2 aromatic carbocycles. The lowest BCUT2D eigenvalue weighted by atomic mass is 10.0. The van der Waals surface area contributed by atoms with Crippen LogP contribution in [0.15, 0.2) is 83.5 Å². The average molecular weight is 516 g/mol. The zero-order chi connectivity index (χ0) is 27.3. The zero-order valence-electron chi connectivity index (χ0n) is 22.3. The summed E-state index contributed by atoms with van der Waals surface area (Å²) in [5.74, 6) is 0.830. The summed E-state index contributed by atoms with van der Waals surface area (Å²) in [6, 6.07) is 21.1. The number of hydrogen-bond donors (Lipinski definition) is 2. The van der Waals surface area contributed by atoms with Crippen molar-refractivity contribution < 1.29 is 23.5 Å². The van der Waals surface area contributed by atoms with Crippen LogP contribution >= 0.6 is 0 Å². The van der Waals surface area contributed by atoms with Gasteiger partial charge < -0.3 is 29.1 Å². The van der Waals surface area contributed by atoms with Gasteiger partial charge in [0, 0.05) is 11.2 Å². The predicted molar refractivity (Wildman–Crippen MR) is 145 cm³/mol. The maximum Gasteiger partial charge on any atom is 0.271 e. The van der Waals surface area contributed by atoms with Crippen LogP contribution in [0, 0.1) is 0 Å². The van der Waals surface area contributed by atoms with Gasteiger partial charge in [0.15, 0.2) is 11.5 Å². The minimum absolute atomic E-state index is 0.0715. The summed E-state index contributed by atoms with van der Waals surface area (Å²) in [6.45, 7) is 5.76. The SMILES string of the molecule is COc1ccc(C(C(=O)NC(C)(C)C)N(Cc2ccco2)C(=O)c2ccc(-c3ccccc3)[nH]2)cc1OC. The molecule has 38 heavy (non-hydrogen) atoms. The van der Waals surface area contributed by atoms with E-state index in [4.69, 9.17) is 13.9 Å². The Kier molecular flexibility index (Phi) is 7.90.